The molecule has 5 rings (SSSR count). The maximum Gasteiger partial charge on any atom is 0.273 e. The number of nitrogens with zero attached hydrogens (tertiary/aromatic N) is 3. The molecule has 3 heterocycles. The fourth-order valence-corrected chi connectivity index (χ4v) is 7.11. The predicted molar refractivity (Wildman–Crippen MR) is 143 cm³/mol. The van der Waals surface area contributed by atoms with E-state index in [1.165, 1.54) is 0 Å². The summed E-state index contributed by atoms with van der Waals surface area (Å²) in [5.41, 5.74) is 2.68. The van der Waals surface area contributed by atoms with Crippen LogP contribution >= 0.6 is 24.6 Å². The molecule has 0 saturated carbocycles. The van der Waals surface area contributed by atoms with Crippen LogP contribution in [0.5, 0.6) is 0 Å². The van der Waals surface area contributed by atoms with E-state index in [-0.39, 0.29) is 16.1 Å². The van der Waals surface area contributed by atoms with Gasteiger partial charge >= 0.3 is 0 Å². The van der Waals surface area contributed by atoms with E-state index < -0.39 is 16.1 Å². The van der Waals surface area contributed by atoms with Crippen LogP contribution in [0.15, 0.2) is 58.4 Å². The number of sulfonamides is 1. The van der Waals surface area contributed by atoms with Gasteiger partial charge in [-0.25, -0.2) is 12.1 Å². The smallest absolute Gasteiger partial charge is 0.273 e. The van der Waals surface area contributed by atoms with Crippen molar-refractivity contribution in [3.63, 3.8) is 0 Å². The number of para-hydroxylation sites is 1. The molecule has 0 bridgehead atoms. The van der Waals surface area contributed by atoms with Crippen LogP contribution in [0.3, 0.4) is 0 Å². The third-order valence-corrected chi connectivity index (χ3v) is 9.80. The lowest BCUT2D eigenvalue weighted by Crippen LogP contribution is -2.31. The minimum absolute atomic E-state index is 0.0317. The number of anilines is 1. The van der Waals surface area contributed by atoms with E-state index >= 15 is 0 Å². The minimum atomic E-state index is -3.87. The van der Waals surface area contributed by atoms with Gasteiger partial charge in [0.25, 0.3) is 10.0 Å². The average molecular weight is 531 g/mol. The second kappa shape index (κ2) is 9.53. The van der Waals surface area contributed by atoms with Crippen LogP contribution in [-0.2, 0) is 14.8 Å². The third-order valence-electron chi connectivity index (χ3n) is 6.22. The van der Waals surface area contributed by atoms with E-state index in [1.54, 1.807) is 47.0 Å². The van der Waals surface area contributed by atoms with Crippen LogP contribution in [-0.4, -0.2) is 65.3 Å². The van der Waals surface area contributed by atoms with Crippen molar-refractivity contribution in [1.29, 1.82) is 0 Å². The van der Waals surface area contributed by atoms with Crippen molar-refractivity contribution in [2.75, 3.05) is 23.3 Å². The number of aliphatic hydroxyl groups is 1. The number of likely N-dealkylation sites (tertiary alicyclic amines) is 1. The Labute approximate surface area is 214 Å². The summed E-state index contributed by atoms with van der Waals surface area (Å²) in [6, 6.07) is 14.1. The van der Waals surface area contributed by atoms with E-state index in [9.17, 15) is 18.3 Å². The number of amides is 1. The van der Waals surface area contributed by atoms with Crippen molar-refractivity contribution in [3.05, 3.63) is 59.8 Å². The fraction of sp³-hybridized carbons (Fsp3) is 0.333. The normalized spacial score (nSPS) is 20.4. The molecule has 11 heteroatoms. The Bertz CT molecular complexity index is 1420. The number of hydrogen-bond acceptors (Lipinski definition) is 7. The van der Waals surface area contributed by atoms with Crippen LogP contribution in [0.1, 0.15) is 24.1 Å². The van der Waals surface area contributed by atoms with Crippen molar-refractivity contribution >= 4 is 62.1 Å². The van der Waals surface area contributed by atoms with Gasteiger partial charge in [-0.2, -0.15) is 0 Å². The number of hydrogen-bond donors (Lipinski definition) is 3. The fourth-order valence-electron chi connectivity index (χ4n) is 4.38. The highest BCUT2D eigenvalue weighted by atomic mass is 32.3. The number of β-amino-alcohol motifs (C(OH)–C–C–N with tert-alkyl or cyclic N) is 1. The summed E-state index contributed by atoms with van der Waals surface area (Å²) in [6.45, 7) is 3.38. The monoisotopic (exact) mass is 530 g/mol. The summed E-state index contributed by atoms with van der Waals surface area (Å²) in [7, 11) is -3.87. The van der Waals surface area contributed by atoms with Gasteiger partial charge in [-0.15, -0.1) is 0 Å². The van der Waals surface area contributed by atoms with Crippen LogP contribution in [0.2, 0.25) is 0 Å². The number of aromatic nitrogens is 1. The highest BCUT2D eigenvalue weighted by molar-refractivity contribution is 8.15. The summed E-state index contributed by atoms with van der Waals surface area (Å²) in [6.07, 6.45) is 0.572. The van der Waals surface area contributed by atoms with Gasteiger partial charge < -0.3 is 15.0 Å². The molecule has 0 spiro atoms. The molecule has 2 aliphatic rings. The molecule has 2 aromatic carbocycles. The molecule has 1 aromatic heterocycles. The van der Waals surface area contributed by atoms with Crippen molar-refractivity contribution in [2.45, 2.75) is 36.0 Å². The van der Waals surface area contributed by atoms with Gasteiger partial charge in [-0.1, -0.05) is 36.0 Å². The first-order valence-electron chi connectivity index (χ1n) is 11.3. The lowest BCUT2D eigenvalue weighted by Gasteiger charge is -2.19. The molecule has 1 saturated heterocycles. The highest BCUT2D eigenvalue weighted by Crippen LogP contribution is 2.35. The number of aromatic amines is 1. The summed E-state index contributed by atoms with van der Waals surface area (Å²) in [4.78, 5) is 22.4. The number of aliphatic hydroxyl groups excluding tert-OH is 1. The molecule has 1 amide bonds. The van der Waals surface area contributed by atoms with Crippen molar-refractivity contribution < 1.29 is 18.3 Å². The summed E-state index contributed by atoms with van der Waals surface area (Å²) in [5, 5.41) is 11.3. The largest absolute Gasteiger partial charge is 0.391 e. The quantitative estimate of drug-likeness (QED) is 0.424. The number of benzene rings is 2. The molecule has 2 aliphatic heterocycles. The summed E-state index contributed by atoms with van der Waals surface area (Å²) < 4.78 is 27.4. The van der Waals surface area contributed by atoms with Crippen molar-refractivity contribution in [2.24, 2.45) is 4.99 Å². The molecule has 8 nitrogen and oxygen atoms in total. The van der Waals surface area contributed by atoms with Crippen LogP contribution in [0, 0.1) is 6.92 Å². The van der Waals surface area contributed by atoms with E-state index in [0.717, 1.165) is 25.4 Å². The molecule has 3 aromatic rings. The van der Waals surface area contributed by atoms with Gasteiger partial charge in [0, 0.05) is 30.1 Å². The first-order valence-corrected chi connectivity index (χ1v) is 14.0. The predicted octanol–water partition coefficient (Wildman–Crippen LogP) is 3.36. The van der Waals surface area contributed by atoms with Gasteiger partial charge in [0.2, 0.25) is 5.91 Å². The molecule has 2 unspecified atom stereocenters. The van der Waals surface area contributed by atoms with Gasteiger partial charge in [0.15, 0.2) is 0 Å². The summed E-state index contributed by atoms with van der Waals surface area (Å²) in [5.74, 6) is 0.0431. The van der Waals surface area contributed by atoms with Crippen molar-refractivity contribution in [1.82, 2.24) is 9.88 Å². The van der Waals surface area contributed by atoms with Crippen LogP contribution < -0.4 is 3.71 Å². The minimum Gasteiger partial charge on any atom is -0.391 e. The Balaban J connectivity index is 1.35. The third kappa shape index (κ3) is 4.82. The molecule has 2 atom stereocenters. The molecule has 184 valence electrons. The zero-order chi connectivity index (χ0) is 24.7. The van der Waals surface area contributed by atoms with Gasteiger partial charge in [-0.3, -0.25) is 9.79 Å². The van der Waals surface area contributed by atoms with Gasteiger partial charge in [0.1, 0.15) is 5.04 Å². The topological polar surface area (TPSA) is 106 Å². The second-order valence-corrected chi connectivity index (χ2v) is 12.6. The number of fused-ring (bicyclic) bond motifs is 1. The lowest BCUT2D eigenvalue weighted by atomic mass is 10.2. The number of carbonyl (C=O) groups excluding carboxylic acids is 1. The number of aliphatic imine (C=N–C) groups is 1. The van der Waals surface area contributed by atoms with E-state index in [4.69, 9.17) is 0 Å². The van der Waals surface area contributed by atoms with Crippen molar-refractivity contribution in [3.8, 4) is 0 Å². The highest BCUT2D eigenvalue weighted by Gasteiger charge is 2.30. The Hall–Kier alpha value is -2.47. The maximum atomic E-state index is 13.2. The average Bonchev–Trinajstić information content (AvgIpc) is 3.57. The number of aryl methyl sites for hydroxylation is 1. The molecule has 35 heavy (non-hydrogen) atoms. The number of carbonyl (C=O) groups is 1. The SMILES string of the molecule is Cc1cccc(S(=O)(=O)N(S)c2cccc3cc(C4=NCC(CC(=O)N5CCC(O)C5)S4)[nH]c23)c1. The Morgan fingerprint density at radius 3 is 2.83 bits per heavy atom. The van der Waals surface area contributed by atoms with Crippen LogP contribution in [0.25, 0.3) is 10.9 Å². The maximum absolute atomic E-state index is 13.2. The number of H-pyrrole nitrogens is 1. The number of nitrogens with one attached hydrogen (secondary N) is 1. The molecular formula is C24H26N4O4S3. The lowest BCUT2D eigenvalue weighted by molar-refractivity contribution is -0.130. The molecule has 1 fully saturated rings. The van der Waals surface area contributed by atoms with E-state index in [2.05, 4.69) is 22.8 Å². The zero-order valence-corrected chi connectivity index (χ0v) is 21.6. The number of thiol groups is 1. The zero-order valence-electron chi connectivity index (χ0n) is 19.1. The van der Waals surface area contributed by atoms with Gasteiger partial charge in [-0.05, 0) is 56.0 Å². The number of thioether (sulfide) groups is 1. The van der Waals surface area contributed by atoms with E-state index in [0.29, 0.717) is 43.7 Å². The molecular weight excluding hydrogens is 504 g/mol. The molecule has 0 radical (unpaired) electrons. The van der Waals surface area contributed by atoms with E-state index in [1.807, 2.05) is 25.1 Å². The molecule has 0 aliphatic carbocycles. The molecule has 2 N–H and O–H groups in total. The first kappa shape index (κ1) is 24.2. The standard InChI is InChI=1S/C24H26N4O4S3/c1-15-4-2-6-19(10-15)35(31,32)28(33)21-7-3-5-16-11-20(26-23(16)21)24-25-13-18(34-24)12-22(30)27-9-8-17(29)14-27/h2-7,10-11,17-18,26,29,33H,8-9,12-14H2,1H3. The van der Waals surface area contributed by atoms with Gasteiger partial charge in [0.05, 0.1) is 34.4 Å². The second-order valence-electron chi connectivity index (χ2n) is 8.86. The Kier molecular flexibility index (Phi) is 6.60. The van der Waals surface area contributed by atoms with Crippen LogP contribution in [0.4, 0.5) is 5.69 Å². The Morgan fingerprint density at radius 1 is 1.29 bits per heavy atom. The number of rotatable bonds is 6. The first-order chi connectivity index (χ1) is 16.7. The summed E-state index contributed by atoms with van der Waals surface area (Å²) >= 11 is 5.91. The Morgan fingerprint density at radius 2 is 2.09 bits per heavy atom.